The summed E-state index contributed by atoms with van der Waals surface area (Å²) in [5.74, 6) is 2.14. The van der Waals surface area contributed by atoms with Crippen LogP contribution >= 0.6 is 0 Å². The first kappa shape index (κ1) is 30.8. The molecule has 1 saturated heterocycles. The predicted molar refractivity (Wildman–Crippen MR) is 167 cm³/mol. The summed E-state index contributed by atoms with van der Waals surface area (Å²) in [5.41, 5.74) is 0.244. The van der Waals surface area contributed by atoms with Gasteiger partial charge in [0.2, 0.25) is 0 Å². The van der Waals surface area contributed by atoms with Gasteiger partial charge in [0.25, 0.3) is 0 Å². The molecule has 6 heteroatoms. The first-order valence-corrected chi connectivity index (χ1v) is 18.4. The van der Waals surface area contributed by atoms with E-state index >= 15 is 0 Å². The lowest BCUT2D eigenvalue weighted by atomic mass is 9.46. The summed E-state index contributed by atoms with van der Waals surface area (Å²) in [5, 5.41) is 22.1. The van der Waals surface area contributed by atoms with Gasteiger partial charge in [0.05, 0.1) is 21.3 Å². The standard InChI is InChI=1S/C36H54O5S/c1-5-35(37)18-17-33(3)26(23-35)11-12-28-30-14-13-29(34(30,4)16-15-31(28)33)25(2)32(24-36(38)19-21-41-22-20-36)42(39,40)27-9-7-6-8-10-27/h6-11,25,28-32,37-38H,5,12-24H2,1-4H3/t25-,28-,29+,30-,31-,32?,33-,34+,35-/m0/s1. The van der Waals surface area contributed by atoms with Gasteiger partial charge in [-0.05, 0) is 130 Å². The average molecular weight is 599 g/mol. The molecule has 9 atom stereocenters. The largest absolute Gasteiger partial charge is 0.390 e. The van der Waals surface area contributed by atoms with E-state index in [0.717, 1.165) is 44.9 Å². The molecule has 0 bridgehead atoms. The topological polar surface area (TPSA) is 83.8 Å². The molecule has 3 saturated carbocycles. The smallest absolute Gasteiger partial charge is 0.181 e. The van der Waals surface area contributed by atoms with Crippen molar-refractivity contribution in [2.24, 2.45) is 40.4 Å². The zero-order valence-corrected chi connectivity index (χ0v) is 27.2. The fraction of sp³-hybridized carbons (Fsp3) is 0.778. The van der Waals surface area contributed by atoms with Gasteiger partial charge < -0.3 is 14.9 Å². The minimum Gasteiger partial charge on any atom is -0.390 e. The highest BCUT2D eigenvalue weighted by molar-refractivity contribution is 7.92. The van der Waals surface area contributed by atoms with Crippen LogP contribution in [0.15, 0.2) is 46.9 Å². The Morgan fingerprint density at radius 1 is 0.929 bits per heavy atom. The zero-order chi connectivity index (χ0) is 30.0. The van der Waals surface area contributed by atoms with Crippen molar-refractivity contribution >= 4 is 9.84 Å². The van der Waals surface area contributed by atoms with E-state index in [1.54, 1.807) is 12.1 Å². The minimum absolute atomic E-state index is 0.0480. The van der Waals surface area contributed by atoms with Gasteiger partial charge in [-0.3, -0.25) is 0 Å². The fourth-order valence-corrected chi connectivity index (χ4v) is 13.0. The molecule has 5 aliphatic rings. The van der Waals surface area contributed by atoms with E-state index in [1.807, 2.05) is 18.2 Å². The summed E-state index contributed by atoms with van der Waals surface area (Å²) in [6.07, 6.45) is 13.1. The number of rotatable bonds is 7. The molecule has 5 nitrogen and oxygen atoms in total. The number of benzene rings is 1. The Labute approximate surface area is 254 Å². The second-order valence-corrected chi connectivity index (χ2v) is 17.7. The Kier molecular flexibility index (Phi) is 8.06. The van der Waals surface area contributed by atoms with Crippen LogP contribution in [-0.2, 0) is 14.6 Å². The molecule has 0 spiro atoms. The van der Waals surface area contributed by atoms with Crippen LogP contribution in [0.25, 0.3) is 0 Å². The maximum atomic E-state index is 14.3. The molecule has 1 heterocycles. The first-order valence-electron chi connectivity index (χ1n) is 16.9. The normalized spacial score (nSPS) is 41.1. The van der Waals surface area contributed by atoms with Gasteiger partial charge in [-0.1, -0.05) is 57.5 Å². The highest BCUT2D eigenvalue weighted by atomic mass is 32.2. The van der Waals surface area contributed by atoms with Crippen LogP contribution in [0.1, 0.15) is 105 Å². The van der Waals surface area contributed by atoms with Crippen LogP contribution in [-0.4, -0.2) is 48.3 Å². The lowest BCUT2D eigenvalue weighted by Crippen LogP contribution is -2.53. The van der Waals surface area contributed by atoms with Crippen molar-refractivity contribution in [1.82, 2.24) is 0 Å². The van der Waals surface area contributed by atoms with Crippen molar-refractivity contribution in [3.63, 3.8) is 0 Å². The molecule has 42 heavy (non-hydrogen) atoms. The van der Waals surface area contributed by atoms with Crippen LogP contribution in [0.4, 0.5) is 0 Å². The van der Waals surface area contributed by atoms with Crippen molar-refractivity contribution in [2.45, 2.75) is 126 Å². The lowest BCUT2D eigenvalue weighted by Gasteiger charge is -2.59. The van der Waals surface area contributed by atoms with E-state index in [-0.39, 0.29) is 23.2 Å². The number of allylic oxidation sites excluding steroid dienone is 1. The van der Waals surface area contributed by atoms with Gasteiger partial charge in [0.1, 0.15) is 0 Å². The Morgan fingerprint density at radius 3 is 2.33 bits per heavy atom. The second-order valence-electron chi connectivity index (χ2n) is 15.5. The summed E-state index contributed by atoms with van der Waals surface area (Å²) >= 11 is 0. The van der Waals surface area contributed by atoms with E-state index in [4.69, 9.17) is 4.74 Å². The van der Waals surface area contributed by atoms with Gasteiger partial charge >= 0.3 is 0 Å². The van der Waals surface area contributed by atoms with Gasteiger partial charge in [-0.15, -0.1) is 0 Å². The van der Waals surface area contributed by atoms with Crippen molar-refractivity contribution < 1.29 is 23.4 Å². The number of hydrogen-bond donors (Lipinski definition) is 2. The SMILES string of the molecule is CC[C@]1(O)CC[C@@]2(C)C(=CC[C@H]3[C@@H]4CC[C@H]([C@H](C)C(CC5(O)CCOCC5)S(=O)(=O)c5ccccc5)[C@@]4(C)CC[C@@H]32)C1. The number of sulfone groups is 1. The van der Waals surface area contributed by atoms with E-state index in [0.29, 0.717) is 54.6 Å². The maximum Gasteiger partial charge on any atom is 0.181 e. The fourth-order valence-electron chi connectivity index (χ4n) is 10.9. The summed E-state index contributed by atoms with van der Waals surface area (Å²) in [4.78, 5) is 0.378. The summed E-state index contributed by atoms with van der Waals surface area (Å²) in [7, 11) is -3.64. The van der Waals surface area contributed by atoms with Crippen molar-refractivity contribution in [2.75, 3.05) is 13.2 Å². The molecule has 0 radical (unpaired) electrons. The molecule has 6 rings (SSSR count). The third-order valence-corrected chi connectivity index (χ3v) is 16.0. The summed E-state index contributed by atoms with van der Waals surface area (Å²) in [6, 6.07) is 8.94. The predicted octanol–water partition coefficient (Wildman–Crippen LogP) is 7.12. The van der Waals surface area contributed by atoms with Crippen LogP contribution in [0.3, 0.4) is 0 Å². The first-order chi connectivity index (χ1) is 19.9. The number of hydrogen-bond acceptors (Lipinski definition) is 5. The maximum absolute atomic E-state index is 14.3. The minimum atomic E-state index is -3.64. The number of fused-ring (bicyclic) bond motifs is 5. The molecular weight excluding hydrogens is 544 g/mol. The van der Waals surface area contributed by atoms with Crippen LogP contribution in [0.2, 0.25) is 0 Å². The molecule has 234 valence electrons. The molecule has 0 aromatic heterocycles. The van der Waals surface area contributed by atoms with Gasteiger partial charge in [0.15, 0.2) is 9.84 Å². The van der Waals surface area contributed by atoms with Gasteiger partial charge in [-0.25, -0.2) is 8.42 Å². The quantitative estimate of drug-likeness (QED) is 0.327. The molecule has 1 unspecified atom stereocenters. The van der Waals surface area contributed by atoms with Gasteiger partial charge in [0, 0.05) is 13.2 Å². The molecule has 1 aliphatic heterocycles. The third kappa shape index (κ3) is 5.04. The van der Waals surface area contributed by atoms with Crippen LogP contribution in [0.5, 0.6) is 0 Å². The molecule has 1 aromatic carbocycles. The van der Waals surface area contributed by atoms with Crippen molar-refractivity contribution in [3.05, 3.63) is 42.0 Å². The summed E-state index contributed by atoms with van der Waals surface area (Å²) < 4.78 is 34.2. The summed E-state index contributed by atoms with van der Waals surface area (Å²) in [6.45, 7) is 10.2. The third-order valence-electron chi connectivity index (χ3n) is 13.7. The molecular formula is C36H54O5S. The highest BCUT2D eigenvalue weighted by Crippen LogP contribution is 2.68. The molecule has 4 fully saturated rings. The molecule has 4 aliphatic carbocycles. The Bertz CT molecular complexity index is 1270. The highest BCUT2D eigenvalue weighted by Gasteiger charge is 2.61. The van der Waals surface area contributed by atoms with E-state index < -0.39 is 26.3 Å². The van der Waals surface area contributed by atoms with Gasteiger partial charge in [-0.2, -0.15) is 0 Å². The van der Waals surface area contributed by atoms with Crippen molar-refractivity contribution in [3.8, 4) is 0 Å². The van der Waals surface area contributed by atoms with E-state index in [2.05, 4.69) is 33.8 Å². The van der Waals surface area contributed by atoms with Crippen molar-refractivity contribution in [1.29, 1.82) is 0 Å². The molecule has 2 N–H and O–H groups in total. The Morgan fingerprint density at radius 2 is 1.64 bits per heavy atom. The zero-order valence-electron chi connectivity index (χ0n) is 26.4. The van der Waals surface area contributed by atoms with Crippen LogP contribution < -0.4 is 0 Å². The molecule has 0 amide bonds. The molecule has 1 aromatic rings. The second kappa shape index (κ2) is 11.0. The Balaban J connectivity index is 1.29. The average Bonchev–Trinajstić information content (AvgIpc) is 3.34. The van der Waals surface area contributed by atoms with E-state index in [1.165, 1.54) is 18.4 Å². The monoisotopic (exact) mass is 598 g/mol. The Hall–Kier alpha value is -1.21. The lowest BCUT2D eigenvalue weighted by molar-refractivity contribution is -0.0817. The number of ether oxygens (including phenoxy) is 1. The number of aliphatic hydroxyl groups is 2. The van der Waals surface area contributed by atoms with Crippen LogP contribution in [0, 0.1) is 40.4 Å². The van der Waals surface area contributed by atoms with E-state index in [9.17, 15) is 18.6 Å².